The lowest BCUT2D eigenvalue weighted by molar-refractivity contribution is -0.139. The van der Waals surface area contributed by atoms with E-state index in [-0.39, 0.29) is 23.8 Å². The molecule has 0 atom stereocenters. The Morgan fingerprint density at radius 1 is 0.912 bits per heavy atom. The van der Waals surface area contributed by atoms with Gasteiger partial charge in [0.25, 0.3) is 5.56 Å². The number of rotatable bonds is 5. The molecule has 0 unspecified atom stereocenters. The molecule has 1 aliphatic heterocycles. The molecular weight excluding hydrogens is 430 g/mol. The number of aryl methyl sites for hydroxylation is 1. The van der Waals surface area contributed by atoms with Crippen molar-refractivity contribution in [2.24, 2.45) is 0 Å². The molecule has 1 fully saturated rings. The summed E-state index contributed by atoms with van der Waals surface area (Å²) in [6, 6.07) is 15.2. The van der Waals surface area contributed by atoms with Crippen LogP contribution in [0.15, 0.2) is 59.5 Å². The first kappa shape index (κ1) is 21.9. The fourth-order valence-electron chi connectivity index (χ4n) is 4.67. The third-order valence-electron chi connectivity index (χ3n) is 6.60. The summed E-state index contributed by atoms with van der Waals surface area (Å²) in [5, 5.41) is 1.63. The van der Waals surface area contributed by atoms with Gasteiger partial charge in [0.2, 0.25) is 11.8 Å². The van der Waals surface area contributed by atoms with Crippen molar-refractivity contribution in [1.29, 1.82) is 0 Å². The van der Waals surface area contributed by atoms with Crippen LogP contribution in [0.1, 0.15) is 17.8 Å². The predicted octanol–water partition coefficient (Wildman–Crippen LogP) is 2.49. The van der Waals surface area contributed by atoms with E-state index in [0.717, 1.165) is 16.5 Å². The van der Waals surface area contributed by atoms with Gasteiger partial charge in [-0.05, 0) is 30.7 Å². The number of para-hydroxylation sites is 2. The number of fused-ring (bicyclic) bond motifs is 2. The standard InChI is InChI=1S/C26H27N5O3/c1-18-28-23-9-5-3-7-21(23)26(34)31(18)11-10-24(32)29-12-14-30(15-13-29)25(33)16-19-17-27-22-8-4-2-6-20(19)22/h2-9,17,27H,10-16H2,1H3. The van der Waals surface area contributed by atoms with Gasteiger partial charge in [-0.1, -0.05) is 30.3 Å². The highest BCUT2D eigenvalue weighted by molar-refractivity contribution is 5.89. The van der Waals surface area contributed by atoms with Gasteiger partial charge in [-0.15, -0.1) is 0 Å². The Balaban J connectivity index is 1.17. The number of nitrogens with zero attached hydrogens (tertiary/aromatic N) is 4. The van der Waals surface area contributed by atoms with Crippen LogP contribution in [-0.2, 0) is 22.6 Å². The number of nitrogens with one attached hydrogen (secondary N) is 1. The molecule has 1 N–H and O–H groups in total. The molecule has 1 aliphatic rings. The maximum absolute atomic E-state index is 12.8. The quantitative estimate of drug-likeness (QED) is 0.499. The van der Waals surface area contributed by atoms with Crippen LogP contribution in [0.25, 0.3) is 21.8 Å². The molecule has 0 spiro atoms. The van der Waals surface area contributed by atoms with Crippen LogP contribution in [0.4, 0.5) is 0 Å². The van der Waals surface area contributed by atoms with Gasteiger partial charge in [-0.2, -0.15) is 0 Å². The third-order valence-corrected chi connectivity index (χ3v) is 6.60. The Labute approximate surface area is 196 Å². The normalized spacial score (nSPS) is 14.1. The molecule has 3 heterocycles. The maximum Gasteiger partial charge on any atom is 0.261 e. The summed E-state index contributed by atoms with van der Waals surface area (Å²) in [4.78, 5) is 49.8. The van der Waals surface area contributed by atoms with Crippen molar-refractivity contribution in [1.82, 2.24) is 24.3 Å². The third kappa shape index (κ3) is 4.19. The fraction of sp³-hybridized carbons (Fsp3) is 0.308. The smallest absolute Gasteiger partial charge is 0.261 e. The van der Waals surface area contributed by atoms with Crippen molar-refractivity contribution < 1.29 is 9.59 Å². The number of carbonyl (C=O) groups is 2. The summed E-state index contributed by atoms with van der Waals surface area (Å²) in [6.07, 6.45) is 2.47. The summed E-state index contributed by atoms with van der Waals surface area (Å²) < 4.78 is 1.57. The van der Waals surface area contributed by atoms with Crippen LogP contribution in [-0.4, -0.2) is 62.3 Å². The second-order valence-electron chi connectivity index (χ2n) is 8.68. The number of aromatic nitrogens is 3. The van der Waals surface area contributed by atoms with Crippen LogP contribution in [0.2, 0.25) is 0 Å². The van der Waals surface area contributed by atoms with E-state index >= 15 is 0 Å². The molecule has 0 aliphatic carbocycles. The van der Waals surface area contributed by atoms with Crippen LogP contribution in [0, 0.1) is 6.92 Å². The zero-order chi connectivity index (χ0) is 23.7. The summed E-state index contributed by atoms with van der Waals surface area (Å²) in [5.74, 6) is 0.661. The minimum Gasteiger partial charge on any atom is -0.361 e. The van der Waals surface area contributed by atoms with Crippen LogP contribution in [0.3, 0.4) is 0 Å². The molecule has 8 nitrogen and oxygen atoms in total. The summed E-state index contributed by atoms with van der Waals surface area (Å²) in [5.41, 5.74) is 2.56. The minimum atomic E-state index is -0.122. The zero-order valence-corrected chi connectivity index (χ0v) is 19.2. The second kappa shape index (κ2) is 9.13. The largest absolute Gasteiger partial charge is 0.361 e. The van der Waals surface area contributed by atoms with E-state index in [4.69, 9.17) is 0 Å². The fourth-order valence-corrected chi connectivity index (χ4v) is 4.67. The Kier molecular flexibility index (Phi) is 5.88. The number of aromatic amines is 1. The van der Waals surface area contributed by atoms with Crippen molar-refractivity contribution in [3.8, 4) is 0 Å². The first-order valence-corrected chi connectivity index (χ1v) is 11.6. The molecular formula is C26H27N5O3. The number of carbonyl (C=O) groups excluding carboxylic acids is 2. The lowest BCUT2D eigenvalue weighted by Crippen LogP contribution is -2.51. The van der Waals surface area contributed by atoms with Crippen molar-refractivity contribution in [3.63, 3.8) is 0 Å². The molecule has 2 aromatic heterocycles. The van der Waals surface area contributed by atoms with Gasteiger partial charge < -0.3 is 14.8 Å². The molecule has 1 saturated heterocycles. The van der Waals surface area contributed by atoms with E-state index in [2.05, 4.69) is 9.97 Å². The highest BCUT2D eigenvalue weighted by atomic mass is 16.2. The molecule has 174 valence electrons. The van der Waals surface area contributed by atoms with Gasteiger partial charge in [0.05, 0.1) is 17.3 Å². The van der Waals surface area contributed by atoms with Gasteiger partial charge in [0, 0.05) is 56.2 Å². The number of amides is 2. The Morgan fingerprint density at radius 3 is 2.32 bits per heavy atom. The molecule has 8 heteroatoms. The van der Waals surface area contributed by atoms with Crippen molar-refractivity contribution in [2.75, 3.05) is 26.2 Å². The van der Waals surface area contributed by atoms with Crippen LogP contribution in [0.5, 0.6) is 0 Å². The predicted molar refractivity (Wildman–Crippen MR) is 131 cm³/mol. The second-order valence-corrected chi connectivity index (χ2v) is 8.68. The molecule has 5 rings (SSSR count). The van der Waals surface area contributed by atoms with E-state index < -0.39 is 0 Å². The number of piperazine rings is 1. The summed E-state index contributed by atoms with van der Waals surface area (Å²) in [6.45, 7) is 4.12. The van der Waals surface area contributed by atoms with E-state index in [1.54, 1.807) is 22.5 Å². The highest BCUT2D eigenvalue weighted by Crippen LogP contribution is 2.19. The minimum absolute atomic E-state index is 0.0109. The lowest BCUT2D eigenvalue weighted by atomic mass is 10.1. The average Bonchev–Trinajstić information content (AvgIpc) is 3.26. The highest BCUT2D eigenvalue weighted by Gasteiger charge is 2.24. The number of benzene rings is 2. The van der Waals surface area contributed by atoms with Gasteiger partial charge in [-0.25, -0.2) is 4.98 Å². The number of hydrogen-bond acceptors (Lipinski definition) is 4. The van der Waals surface area contributed by atoms with E-state index in [1.165, 1.54) is 0 Å². The molecule has 2 aromatic carbocycles. The van der Waals surface area contributed by atoms with Crippen molar-refractivity contribution >= 4 is 33.6 Å². The molecule has 0 saturated carbocycles. The zero-order valence-electron chi connectivity index (χ0n) is 19.2. The summed E-state index contributed by atoms with van der Waals surface area (Å²) in [7, 11) is 0. The van der Waals surface area contributed by atoms with Crippen LogP contribution >= 0.6 is 0 Å². The van der Waals surface area contributed by atoms with Gasteiger partial charge in [0.1, 0.15) is 5.82 Å². The Morgan fingerprint density at radius 2 is 1.56 bits per heavy atom. The first-order valence-electron chi connectivity index (χ1n) is 11.6. The lowest BCUT2D eigenvalue weighted by Gasteiger charge is -2.35. The Bertz CT molecular complexity index is 1430. The maximum atomic E-state index is 12.8. The first-order chi connectivity index (χ1) is 16.5. The monoisotopic (exact) mass is 457 g/mol. The average molecular weight is 458 g/mol. The van der Waals surface area contributed by atoms with Gasteiger partial charge >= 0.3 is 0 Å². The number of hydrogen-bond donors (Lipinski definition) is 1. The molecule has 4 aromatic rings. The van der Waals surface area contributed by atoms with Gasteiger partial charge in [0.15, 0.2) is 0 Å². The van der Waals surface area contributed by atoms with Gasteiger partial charge in [-0.3, -0.25) is 19.0 Å². The Hall–Kier alpha value is -3.94. The SMILES string of the molecule is Cc1nc2ccccc2c(=O)n1CCC(=O)N1CCN(C(=O)Cc2c[nH]c3ccccc23)CC1. The van der Waals surface area contributed by atoms with E-state index in [9.17, 15) is 14.4 Å². The van der Waals surface area contributed by atoms with E-state index in [1.807, 2.05) is 53.6 Å². The van der Waals surface area contributed by atoms with Crippen LogP contribution < -0.4 is 5.56 Å². The molecule has 34 heavy (non-hydrogen) atoms. The van der Waals surface area contributed by atoms with Crippen molar-refractivity contribution in [2.45, 2.75) is 26.3 Å². The summed E-state index contributed by atoms with van der Waals surface area (Å²) >= 11 is 0. The van der Waals surface area contributed by atoms with E-state index in [0.29, 0.717) is 55.9 Å². The molecule has 0 bridgehead atoms. The van der Waals surface area contributed by atoms with Crippen molar-refractivity contribution in [3.05, 3.63) is 76.5 Å². The topological polar surface area (TPSA) is 91.3 Å². The molecule has 2 amide bonds. The molecule has 0 radical (unpaired) electrons. The number of H-pyrrole nitrogens is 1.